The molecule has 2 saturated carbocycles. The molecule has 0 aromatic carbocycles. The minimum absolute atomic E-state index is 0.0862. The monoisotopic (exact) mass is 267 g/mol. The van der Waals surface area contributed by atoms with Gasteiger partial charge >= 0.3 is 0 Å². The molecule has 2 aliphatic carbocycles. The lowest BCUT2D eigenvalue weighted by molar-refractivity contribution is -0.134. The predicted molar refractivity (Wildman–Crippen MR) is 76.8 cm³/mol. The number of amides is 1. The molecule has 3 nitrogen and oxygen atoms in total. The van der Waals surface area contributed by atoms with Crippen LogP contribution in [0.15, 0.2) is 0 Å². The van der Waals surface area contributed by atoms with Crippen molar-refractivity contribution >= 4 is 5.91 Å². The number of carbonyl (C=O) groups is 1. The normalized spacial score (nSPS) is 34.2. The summed E-state index contributed by atoms with van der Waals surface area (Å²) in [5, 5.41) is 13.1. The molecule has 0 heterocycles. The summed E-state index contributed by atoms with van der Waals surface area (Å²) in [4.78, 5) is 12.7. The fraction of sp³-hybridized carbons (Fsp3) is 0.938. The van der Waals surface area contributed by atoms with Gasteiger partial charge in [0.05, 0.1) is 12.1 Å². The summed E-state index contributed by atoms with van der Waals surface area (Å²) in [6.45, 7) is 4.43. The third-order valence-electron chi connectivity index (χ3n) is 5.49. The van der Waals surface area contributed by atoms with Gasteiger partial charge in [-0.1, -0.05) is 39.5 Å². The first-order chi connectivity index (χ1) is 9.06. The van der Waals surface area contributed by atoms with Crippen molar-refractivity contribution in [2.45, 2.75) is 77.2 Å². The van der Waals surface area contributed by atoms with Gasteiger partial charge < -0.3 is 10.4 Å². The highest BCUT2D eigenvalue weighted by molar-refractivity contribution is 5.83. The van der Waals surface area contributed by atoms with Crippen LogP contribution in [0.2, 0.25) is 0 Å². The van der Waals surface area contributed by atoms with Crippen molar-refractivity contribution in [3.63, 3.8) is 0 Å². The van der Waals surface area contributed by atoms with Gasteiger partial charge in [0, 0.05) is 5.41 Å². The van der Waals surface area contributed by atoms with E-state index in [-0.39, 0.29) is 23.5 Å². The highest BCUT2D eigenvalue weighted by atomic mass is 16.3. The van der Waals surface area contributed by atoms with Crippen LogP contribution in [-0.2, 0) is 4.79 Å². The van der Waals surface area contributed by atoms with E-state index in [0.717, 1.165) is 38.5 Å². The first kappa shape index (κ1) is 14.8. The molecule has 0 saturated heterocycles. The maximum Gasteiger partial charge on any atom is 0.226 e. The third kappa shape index (κ3) is 2.96. The summed E-state index contributed by atoms with van der Waals surface area (Å²) in [5.74, 6) is 0.804. The lowest BCUT2D eigenvalue weighted by atomic mass is 9.75. The number of hydrogen-bond donors (Lipinski definition) is 2. The highest BCUT2D eigenvalue weighted by Gasteiger charge is 2.44. The van der Waals surface area contributed by atoms with Gasteiger partial charge in [-0.3, -0.25) is 4.79 Å². The van der Waals surface area contributed by atoms with E-state index in [1.807, 2.05) is 0 Å². The molecule has 2 unspecified atom stereocenters. The Morgan fingerprint density at radius 2 is 1.95 bits per heavy atom. The van der Waals surface area contributed by atoms with E-state index < -0.39 is 0 Å². The van der Waals surface area contributed by atoms with Crippen LogP contribution >= 0.6 is 0 Å². The van der Waals surface area contributed by atoms with Crippen LogP contribution in [0.25, 0.3) is 0 Å². The van der Waals surface area contributed by atoms with Crippen molar-refractivity contribution in [2.24, 2.45) is 11.3 Å². The largest absolute Gasteiger partial charge is 0.394 e. The summed E-state index contributed by atoms with van der Waals surface area (Å²) < 4.78 is 0. The maximum atomic E-state index is 12.7. The van der Waals surface area contributed by atoms with Gasteiger partial charge in [-0.05, 0) is 38.0 Å². The Balaban J connectivity index is 2.07. The third-order valence-corrected chi connectivity index (χ3v) is 5.49. The lowest BCUT2D eigenvalue weighted by Gasteiger charge is -2.42. The van der Waals surface area contributed by atoms with Gasteiger partial charge in [0.2, 0.25) is 5.91 Å². The van der Waals surface area contributed by atoms with Gasteiger partial charge in [0.25, 0.3) is 0 Å². The number of carbonyl (C=O) groups excluding carboxylic acids is 1. The summed E-state index contributed by atoms with van der Waals surface area (Å²) in [5.41, 5.74) is -0.498. The molecule has 3 heteroatoms. The number of nitrogens with one attached hydrogen (secondary N) is 1. The van der Waals surface area contributed by atoms with Crippen LogP contribution < -0.4 is 5.32 Å². The zero-order chi connectivity index (χ0) is 13.9. The van der Waals surface area contributed by atoms with Crippen LogP contribution in [0.3, 0.4) is 0 Å². The van der Waals surface area contributed by atoms with Crippen LogP contribution in [0.5, 0.6) is 0 Å². The Bertz CT molecular complexity index is 323. The molecule has 0 spiro atoms. The van der Waals surface area contributed by atoms with Crippen molar-refractivity contribution in [1.29, 1.82) is 0 Å². The first-order valence-corrected chi connectivity index (χ1v) is 7.99. The average Bonchev–Trinajstić information content (AvgIpc) is 2.88. The van der Waals surface area contributed by atoms with Crippen molar-refractivity contribution in [2.75, 3.05) is 6.61 Å². The van der Waals surface area contributed by atoms with E-state index in [2.05, 4.69) is 19.2 Å². The number of aliphatic hydroxyl groups is 1. The van der Waals surface area contributed by atoms with E-state index in [1.54, 1.807) is 0 Å². The Morgan fingerprint density at radius 1 is 1.26 bits per heavy atom. The topological polar surface area (TPSA) is 49.3 Å². The lowest BCUT2D eigenvalue weighted by Crippen LogP contribution is -2.57. The molecule has 2 aliphatic rings. The molecule has 2 rings (SSSR count). The summed E-state index contributed by atoms with van der Waals surface area (Å²) >= 11 is 0. The van der Waals surface area contributed by atoms with Gasteiger partial charge in [-0.2, -0.15) is 0 Å². The second kappa shape index (κ2) is 5.82. The van der Waals surface area contributed by atoms with E-state index in [4.69, 9.17) is 0 Å². The van der Waals surface area contributed by atoms with Crippen molar-refractivity contribution < 1.29 is 9.90 Å². The molecule has 2 N–H and O–H groups in total. The fourth-order valence-corrected chi connectivity index (χ4v) is 4.12. The van der Waals surface area contributed by atoms with E-state index in [1.165, 1.54) is 19.3 Å². The van der Waals surface area contributed by atoms with Crippen LogP contribution in [0, 0.1) is 11.3 Å². The second-order valence-electron chi connectivity index (χ2n) is 6.94. The minimum Gasteiger partial charge on any atom is -0.394 e. The van der Waals surface area contributed by atoms with E-state index >= 15 is 0 Å². The van der Waals surface area contributed by atoms with E-state index in [0.29, 0.717) is 5.92 Å². The van der Waals surface area contributed by atoms with Gasteiger partial charge in [0.15, 0.2) is 0 Å². The minimum atomic E-state index is -0.348. The molecular weight excluding hydrogens is 238 g/mol. The smallest absolute Gasteiger partial charge is 0.226 e. The highest BCUT2D eigenvalue weighted by Crippen LogP contribution is 2.42. The van der Waals surface area contributed by atoms with Gasteiger partial charge in [-0.25, -0.2) is 0 Å². The summed E-state index contributed by atoms with van der Waals surface area (Å²) in [6, 6.07) is 0. The SMILES string of the molecule is CCC1(C(=O)NC2(CO)CCCC(C)C2)CCCC1. The first-order valence-electron chi connectivity index (χ1n) is 7.99. The van der Waals surface area contributed by atoms with Crippen LogP contribution in [0.4, 0.5) is 0 Å². The Morgan fingerprint density at radius 3 is 2.47 bits per heavy atom. The van der Waals surface area contributed by atoms with Crippen LogP contribution in [-0.4, -0.2) is 23.2 Å². The summed E-state index contributed by atoms with van der Waals surface area (Å²) in [7, 11) is 0. The molecular formula is C16H29NO2. The van der Waals surface area contributed by atoms with Crippen molar-refractivity contribution in [3.8, 4) is 0 Å². The van der Waals surface area contributed by atoms with E-state index in [9.17, 15) is 9.90 Å². The standard InChI is InChI=1S/C16H29NO2/c1-3-15(8-4-5-9-15)14(19)17-16(12-18)10-6-7-13(2)11-16/h13,18H,3-12H2,1-2H3,(H,17,19). The Labute approximate surface area is 117 Å². The fourth-order valence-electron chi connectivity index (χ4n) is 4.12. The molecule has 1 amide bonds. The number of hydrogen-bond acceptors (Lipinski definition) is 2. The predicted octanol–water partition coefficient (Wildman–Crippen LogP) is 3.01. The van der Waals surface area contributed by atoms with Gasteiger partial charge in [0.1, 0.15) is 0 Å². The van der Waals surface area contributed by atoms with Crippen molar-refractivity contribution in [3.05, 3.63) is 0 Å². The Kier molecular flexibility index (Phi) is 4.54. The van der Waals surface area contributed by atoms with Crippen LogP contribution in [0.1, 0.15) is 71.6 Å². The second-order valence-corrected chi connectivity index (χ2v) is 6.94. The summed E-state index contributed by atoms with van der Waals surface area (Å²) in [6.07, 6.45) is 9.49. The molecule has 0 aromatic rings. The molecule has 0 aliphatic heterocycles. The molecule has 0 bridgehead atoms. The molecule has 110 valence electrons. The zero-order valence-corrected chi connectivity index (χ0v) is 12.5. The van der Waals surface area contributed by atoms with Crippen molar-refractivity contribution in [1.82, 2.24) is 5.32 Å². The maximum absolute atomic E-state index is 12.7. The molecule has 0 radical (unpaired) electrons. The molecule has 19 heavy (non-hydrogen) atoms. The van der Waals surface area contributed by atoms with Gasteiger partial charge in [-0.15, -0.1) is 0 Å². The molecule has 2 atom stereocenters. The molecule has 0 aromatic heterocycles. The average molecular weight is 267 g/mol. The Hall–Kier alpha value is -0.570. The number of aliphatic hydroxyl groups excluding tert-OH is 1. The quantitative estimate of drug-likeness (QED) is 0.822. The molecule has 2 fully saturated rings. The number of rotatable bonds is 4. The zero-order valence-electron chi connectivity index (χ0n) is 12.5.